The van der Waals surface area contributed by atoms with E-state index in [0.717, 1.165) is 0 Å². The van der Waals surface area contributed by atoms with Crippen LogP contribution < -0.4 is 10.5 Å². The second-order valence-electron chi connectivity index (χ2n) is 2.62. The van der Waals surface area contributed by atoms with E-state index in [1.807, 2.05) is 0 Å². The minimum absolute atomic E-state index is 0. The molecular weight excluding hydrogens is 259 g/mol. The van der Waals surface area contributed by atoms with Gasteiger partial charge in [-0.1, -0.05) is 23.7 Å². The van der Waals surface area contributed by atoms with Crippen LogP contribution in [-0.4, -0.2) is 21.5 Å². The van der Waals surface area contributed by atoms with Gasteiger partial charge in [0.2, 0.25) is 10.0 Å². The van der Waals surface area contributed by atoms with Gasteiger partial charge in [0, 0.05) is 13.1 Å². The van der Waals surface area contributed by atoms with E-state index < -0.39 is 10.0 Å². The summed E-state index contributed by atoms with van der Waals surface area (Å²) in [6.07, 6.45) is 0. The summed E-state index contributed by atoms with van der Waals surface area (Å²) in [4.78, 5) is 0.0788. The average molecular weight is 271 g/mol. The van der Waals surface area contributed by atoms with E-state index in [1.54, 1.807) is 12.1 Å². The molecule has 0 atom stereocenters. The lowest BCUT2D eigenvalue weighted by molar-refractivity contribution is 0.582. The van der Waals surface area contributed by atoms with Crippen molar-refractivity contribution >= 4 is 34.0 Å². The van der Waals surface area contributed by atoms with Gasteiger partial charge in [0.05, 0.1) is 5.02 Å². The van der Waals surface area contributed by atoms with Crippen LogP contribution in [0.2, 0.25) is 5.02 Å². The van der Waals surface area contributed by atoms with Crippen molar-refractivity contribution in [2.45, 2.75) is 4.90 Å². The van der Waals surface area contributed by atoms with Crippen LogP contribution in [0.5, 0.6) is 0 Å². The topological polar surface area (TPSA) is 72.2 Å². The Bertz CT molecular complexity index is 409. The average Bonchev–Trinajstić information content (AvgIpc) is 2.15. The van der Waals surface area contributed by atoms with Gasteiger partial charge in [0.25, 0.3) is 0 Å². The highest BCUT2D eigenvalue weighted by Gasteiger charge is 2.15. The van der Waals surface area contributed by atoms with Crippen LogP contribution in [0.25, 0.3) is 0 Å². The molecule has 0 radical (unpaired) electrons. The fourth-order valence-corrected chi connectivity index (χ4v) is 2.50. The second kappa shape index (κ2) is 6.30. The Morgan fingerprint density at radius 3 is 2.47 bits per heavy atom. The van der Waals surface area contributed by atoms with Gasteiger partial charge in [-0.3, -0.25) is 0 Å². The van der Waals surface area contributed by atoms with Gasteiger partial charge in [-0.25, -0.2) is 13.1 Å². The fraction of sp³-hybridized carbons (Fsp3) is 0.250. The third-order valence-electron chi connectivity index (χ3n) is 1.56. The van der Waals surface area contributed by atoms with E-state index in [-0.39, 0.29) is 35.4 Å². The monoisotopic (exact) mass is 270 g/mol. The summed E-state index contributed by atoms with van der Waals surface area (Å²) in [6.45, 7) is 0.456. The van der Waals surface area contributed by atoms with Gasteiger partial charge in [0.15, 0.2) is 0 Å². The van der Waals surface area contributed by atoms with Crippen LogP contribution in [0.4, 0.5) is 0 Å². The quantitative estimate of drug-likeness (QED) is 0.858. The molecule has 0 aromatic heterocycles. The molecule has 0 heterocycles. The van der Waals surface area contributed by atoms with E-state index in [0.29, 0.717) is 0 Å². The maximum Gasteiger partial charge on any atom is 0.242 e. The van der Waals surface area contributed by atoms with E-state index in [9.17, 15) is 8.42 Å². The molecule has 0 saturated heterocycles. The molecule has 0 unspecified atom stereocenters. The number of benzene rings is 1. The van der Waals surface area contributed by atoms with Crippen LogP contribution in [0.1, 0.15) is 0 Å². The fourth-order valence-electron chi connectivity index (χ4n) is 0.934. The summed E-state index contributed by atoms with van der Waals surface area (Å²) in [7, 11) is -3.52. The summed E-state index contributed by atoms with van der Waals surface area (Å²) in [5, 5.41) is 0.206. The van der Waals surface area contributed by atoms with Crippen molar-refractivity contribution in [1.82, 2.24) is 4.72 Å². The number of nitrogens with one attached hydrogen (secondary N) is 1. The molecule has 0 bridgehead atoms. The number of nitrogens with two attached hydrogens (primary N) is 1. The highest BCUT2D eigenvalue weighted by molar-refractivity contribution is 7.89. The Morgan fingerprint density at radius 1 is 1.33 bits per heavy atom. The Morgan fingerprint density at radius 2 is 1.93 bits per heavy atom. The highest BCUT2D eigenvalue weighted by Crippen LogP contribution is 2.19. The Balaban J connectivity index is 0.00000196. The van der Waals surface area contributed by atoms with Gasteiger partial charge in [0.1, 0.15) is 4.90 Å². The summed E-state index contributed by atoms with van der Waals surface area (Å²) >= 11 is 5.74. The zero-order valence-electron chi connectivity index (χ0n) is 7.81. The first-order chi connectivity index (χ1) is 6.58. The molecule has 86 valence electrons. The first-order valence-corrected chi connectivity index (χ1v) is 5.88. The molecule has 3 N–H and O–H groups in total. The molecule has 1 aromatic carbocycles. The molecule has 0 aliphatic rings. The van der Waals surface area contributed by atoms with Crippen LogP contribution >= 0.6 is 24.0 Å². The number of hydrogen-bond donors (Lipinski definition) is 2. The summed E-state index contributed by atoms with van der Waals surface area (Å²) in [6, 6.07) is 6.26. The molecule has 0 spiro atoms. The predicted molar refractivity (Wildman–Crippen MR) is 62.9 cm³/mol. The van der Waals surface area contributed by atoms with Crippen LogP contribution in [0, 0.1) is 0 Å². The van der Waals surface area contributed by atoms with Crippen LogP contribution in [0.15, 0.2) is 29.2 Å². The Labute approximate surface area is 100 Å². The van der Waals surface area contributed by atoms with Crippen molar-refractivity contribution in [3.05, 3.63) is 29.3 Å². The smallest absolute Gasteiger partial charge is 0.242 e. The molecule has 0 fully saturated rings. The van der Waals surface area contributed by atoms with Gasteiger partial charge in [-0.05, 0) is 12.1 Å². The normalized spacial score (nSPS) is 10.8. The van der Waals surface area contributed by atoms with Gasteiger partial charge >= 0.3 is 0 Å². The molecular formula is C8H12Cl2N2O2S. The SMILES string of the molecule is Cl.NCCNS(=O)(=O)c1ccccc1Cl. The second-order valence-corrected chi connectivity index (χ2v) is 4.76. The first-order valence-electron chi connectivity index (χ1n) is 4.02. The molecule has 15 heavy (non-hydrogen) atoms. The van der Waals surface area contributed by atoms with Crippen molar-refractivity contribution < 1.29 is 8.42 Å². The van der Waals surface area contributed by atoms with Crippen molar-refractivity contribution in [3.63, 3.8) is 0 Å². The number of rotatable bonds is 4. The van der Waals surface area contributed by atoms with Gasteiger partial charge in [-0.15, -0.1) is 12.4 Å². The van der Waals surface area contributed by atoms with Crippen LogP contribution in [0.3, 0.4) is 0 Å². The summed E-state index contributed by atoms with van der Waals surface area (Å²) < 4.78 is 25.5. The number of sulfonamides is 1. The highest BCUT2D eigenvalue weighted by atomic mass is 35.5. The lowest BCUT2D eigenvalue weighted by atomic mass is 10.4. The standard InChI is InChI=1S/C8H11ClN2O2S.ClH/c9-7-3-1-2-4-8(7)14(12,13)11-6-5-10;/h1-4,11H,5-6,10H2;1H. The Hall–Kier alpha value is -0.330. The lowest BCUT2D eigenvalue weighted by Crippen LogP contribution is -2.29. The van der Waals surface area contributed by atoms with Crippen LogP contribution in [-0.2, 0) is 10.0 Å². The van der Waals surface area contributed by atoms with Gasteiger partial charge < -0.3 is 5.73 Å². The van der Waals surface area contributed by atoms with Crippen molar-refractivity contribution in [3.8, 4) is 0 Å². The maximum absolute atomic E-state index is 11.6. The Kier molecular flexibility index (Phi) is 6.16. The van der Waals surface area contributed by atoms with E-state index in [2.05, 4.69) is 4.72 Å². The molecule has 4 nitrogen and oxygen atoms in total. The molecule has 7 heteroatoms. The molecule has 0 amide bonds. The third kappa shape index (κ3) is 3.96. The van der Waals surface area contributed by atoms with Crippen molar-refractivity contribution in [2.75, 3.05) is 13.1 Å². The van der Waals surface area contributed by atoms with Gasteiger partial charge in [-0.2, -0.15) is 0 Å². The maximum atomic E-state index is 11.6. The number of halogens is 2. The molecule has 1 rings (SSSR count). The molecule has 0 aliphatic heterocycles. The first kappa shape index (κ1) is 14.7. The minimum Gasteiger partial charge on any atom is -0.329 e. The summed E-state index contributed by atoms with van der Waals surface area (Å²) in [5.41, 5.74) is 5.19. The number of hydrogen-bond acceptors (Lipinski definition) is 3. The van der Waals surface area contributed by atoms with E-state index in [1.165, 1.54) is 12.1 Å². The molecule has 1 aromatic rings. The predicted octanol–water partition coefficient (Wildman–Crippen LogP) is 0.999. The lowest BCUT2D eigenvalue weighted by Gasteiger charge is -2.06. The van der Waals surface area contributed by atoms with E-state index in [4.69, 9.17) is 17.3 Å². The largest absolute Gasteiger partial charge is 0.329 e. The van der Waals surface area contributed by atoms with Crippen molar-refractivity contribution in [2.24, 2.45) is 5.73 Å². The molecule has 0 saturated carbocycles. The van der Waals surface area contributed by atoms with E-state index >= 15 is 0 Å². The zero-order chi connectivity index (χ0) is 10.6. The third-order valence-corrected chi connectivity index (χ3v) is 3.52. The van der Waals surface area contributed by atoms with Crippen molar-refractivity contribution in [1.29, 1.82) is 0 Å². The minimum atomic E-state index is -3.52. The molecule has 0 aliphatic carbocycles. The zero-order valence-corrected chi connectivity index (χ0v) is 10.2. The summed E-state index contributed by atoms with van der Waals surface area (Å²) in [5.74, 6) is 0.